The third-order valence-electron chi connectivity index (χ3n) is 3.27. The first-order valence-electron chi connectivity index (χ1n) is 7.70. The SMILES string of the molecule is CC(N)C(=O)NC(CCC(=O)NC(CCCCN)C(=O)O)C(=O)O. The van der Waals surface area contributed by atoms with Crippen LogP contribution in [0.1, 0.15) is 39.0 Å². The van der Waals surface area contributed by atoms with Gasteiger partial charge in [-0.15, -0.1) is 0 Å². The van der Waals surface area contributed by atoms with Crippen molar-refractivity contribution in [1.29, 1.82) is 0 Å². The van der Waals surface area contributed by atoms with E-state index >= 15 is 0 Å². The summed E-state index contributed by atoms with van der Waals surface area (Å²) in [6.45, 7) is 1.83. The fourth-order valence-electron chi connectivity index (χ4n) is 1.85. The van der Waals surface area contributed by atoms with E-state index in [9.17, 15) is 19.2 Å². The summed E-state index contributed by atoms with van der Waals surface area (Å²) in [6.07, 6.45) is 1.02. The van der Waals surface area contributed by atoms with Crippen molar-refractivity contribution in [2.75, 3.05) is 6.54 Å². The van der Waals surface area contributed by atoms with Gasteiger partial charge in [0.15, 0.2) is 0 Å². The van der Waals surface area contributed by atoms with Crippen molar-refractivity contribution in [2.45, 2.75) is 57.2 Å². The lowest BCUT2D eigenvalue weighted by Crippen LogP contribution is -2.48. The molecule has 24 heavy (non-hydrogen) atoms. The average Bonchev–Trinajstić information content (AvgIpc) is 2.49. The number of hydrogen-bond donors (Lipinski definition) is 6. The summed E-state index contributed by atoms with van der Waals surface area (Å²) < 4.78 is 0. The van der Waals surface area contributed by atoms with Crippen molar-refractivity contribution in [2.24, 2.45) is 11.5 Å². The smallest absolute Gasteiger partial charge is 0.326 e. The van der Waals surface area contributed by atoms with Crippen LogP contribution in [0.4, 0.5) is 0 Å². The standard InChI is InChI=1S/C14H26N4O6/c1-8(16)12(20)18-10(14(23)24)5-6-11(19)17-9(13(21)22)4-2-3-7-15/h8-10H,2-7,15-16H2,1H3,(H,17,19)(H,18,20)(H,21,22)(H,23,24). The Morgan fingerprint density at radius 2 is 1.50 bits per heavy atom. The lowest BCUT2D eigenvalue weighted by atomic mass is 10.1. The number of carboxylic acids is 2. The van der Waals surface area contributed by atoms with Crippen LogP contribution >= 0.6 is 0 Å². The Labute approximate surface area is 139 Å². The van der Waals surface area contributed by atoms with Crippen LogP contribution in [0.5, 0.6) is 0 Å². The Morgan fingerprint density at radius 3 is 1.96 bits per heavy atom. The second kappa shape index (κ2) is 11.4. The maximum atomic E-state index is 11.8. The molecule has 0 aliphatic heterocycles. The fraction of sp³-hybridized carbons (Fsp3) is 0.714. The molecule has 0 rings (SSSR count). The maximum Gasteiger partial charge on any atom is 0.326 e. The molecule has 0 fully saturated rings. The normalized spacial score (nSPS) is 14.3. The van der Waals surface area contributed by atoms with E-state index in [1.165, 1.54) is 6.92 Å². The van der Waals surface area contributed by atoms with Crippen LogP contribution in [-0.2, 0) is 19.2 Å². The number of rotatable bonds is 12. The van der Waals surface area contributed by atoms with Crippen LogP contribution in [-0.4, -0.2) is 58.6 Å². The summed E-state index contributed by atoms with van der Waals surface area (Å²) in [5.41, 5.74) is 10.7. The summed E-state index contributed by atoms with van der Waals surface area (Å²) in [4.78, 5) is 45.4. The zero-order chi connectivity index (χ0) is 18.7. The van der Waals surface area contributed by atoms with Gasteiger partial charge in [-0.05, 0) is 39.2 Å². The summed E-state index contributed by atoms with van der Waals surface area (Å²) >= 11 is 0. The van der Waals surface area contributed by atoms with E-state index in [-0.39, 0.29) is 19.3 Å². The van der Waals surface area contributed by atoms with Crippen molar-refractivity contribution < 1.29 is 29.4 Å². The summed E-state index contributed by atoms with van der Waals surface area (Å²) in [5, 5.41) is 22.6. The van der Waals surface area contributed by atoms with Crippen LogP contribution < -0.4 is 22.1 Å². The second-order valence-electron chi connectivity index (χ2n) is 5.47. The first-order chi connectivity index (χ1) is 11.2. The number of amides is 2. The minimum atomic E-state index is -1.30. The van der Waals surface area contributed by atoms with Gasteiger partial charge < -0.3 is 32.3 Å². The Bertz CT molecular complexity index is 455. The number of carbonyl (C=O) groups is 4. The van der Waals surface area contributed by atoms with Crippen molar-refractivity contribution in [3.05, 3.63) is 0 Å². The average molecular weight is 346 g/mol. The maximum absolute atomic E-state index is 11.8. The molecule has 0 radical (unpaired) electrons. The van der Waals surface area contributed by atoms with Gasteiger partial charge in [-0.3, -0.25) is 9.59 Å². The molecule has 8 N–H and O–H groups in total. The molecule has 0 spiro atoms. The minimum Gasteiger partial charge on any atom is -0.480 e. The van der Waals surface area contributed by atoms with E-state index in [0.29, 0.717) is 19.4 Å². The molecule has 3 atom stereocenters. The molecular formula is C14H26N4O6. The topological polar surface area (TPSA) is 185 Å². The lowest BCUT2D eigenvalue weighted by molar-refractivity contribution is -0.143. The molecule has 0 aromatic carbocycles. The molecule has 0 aliphatic carbocycles. The van der Waals surface area contributed by atoms with Crippen LogP contribution in [0.15, 0.2) is 0 Å². The first-order valence-corrected chi connectivity index (χ1v) is 7.70. The van der Waals surface area contributed by atoms with Gasteiger partial charge in [-0.2, -0.15) is 0 Å². The first kappa shape index (κ1) is 21.8. The molecule has 0 aromatic heterocycles. The quantitative estimate of drug-likeness (QED) is 0.228. The monoisotopic (exact) mass is 346 g/mol. The number of unbranched alkanes of at least 4 members (excludes halogenated alkanes) is 1. The van der Waals surface area contributed by atoms with Crippen molar-refractivity contribution in [3.63, 3.8) is 0 Å². The van der Waals surface area contributed by atoms with E-state index in [0.717, 1.165) is 0 Å². The summed E-state index contributed by atoms with van der Waals surface area (Å²) in [7, 11) is 0. The third kappa shape index (κ3) is 9.06. The molecule has 0 saturated heterocycles. The highest BCUT2D eigenvalue weighted by Crippen LogP contribution is 2.04. The highest BCUT2D eigenvalue weighted by molar-refractivity contribution is 5.87. The van der Waals surface area contributed by atoms with Crippen molar-refractivity contribution >= 4 is 23.8 Å². The minimum absolute atomic E-state index is 0.172. The largest absolute Gasteiger partial charge is 0.480 e. The van der Waals surface area contributed by atoms with E-state index in [4.69, 9.17) is 21.7 Å². The van der Waals surface area contributed by atoms with Gasteiger partial charge in [0.25, 0.3) is 0 Å². The Hall–Kier alpha value is -2.20. The molecule has 10 heteroatoms. The van der Waals surface area contributed by atoms with Crippen LogP contribution in [0.25, 0.3) is 0 Å². The van der Waals surface area contributed by atoms with Gasteiger partial charge in [0.05, 0.1) is 6.04 Å². The van der Waals surface area contributed by atoms with E-state index in [1.807, 2.05) is 0 Å². The van der Waals surface area contributed by atoms with Gasteiger partial charge in [-0.1, -0.05) is 0 Å². The zero-order valence-electron chi connectivity index (χ0n) is 13.7. The summed E-state index contributed by atoms with van der Waals surface area (Å²) in [5.74, 6) is -3.71. The van der Waals surface area contributed by atoms with Crippen LogP contribution in [0, 0.1) is 0 Å². The molecule has 138 valence electrons. The predicted molar refractivity (Wildman–Crippen MR) is 84.9 cm³/mol. The van der Waals surface area contributed by atoms with Crippen molar-refractivity contribution in [3.8, 4) is 0 Å². The third-order valence-corrected chi connectivity index (χ3v) is 3.27. The van der Waals surface area contributed by atoms with Gasteiger partial charge in [0.2, 0.25) is 11.8 Å². The van der Waals surface area contributed by atoms with Crippen molar-refractivity contribution in [1.82, 2.24) is 10.6 Å². The van der Waals surface area contributed by atoms with Crippen LogP contribution in [0.2, 0.25) is 0 Å². The Kier molecular flexibility index (Phi) is 10.3. The molecule has 0 saturated carbocycles. The molecule has 0 aromatic rings. The number of nitrogens with two attached hydrogens (primary N) is 2. The van der Waals surface area contributed by atoms with Gasteiger partial charge in [-0.25, -0.2) is 9.59 Å². The lowest BCUT2D eigenvalue weighted by Gasteiger charge is -2.17. The molecule has 10 nitrogen and oxygen atoms in total. The molecule has 0 bridgehead atoms. The number of aliphatic carboxylic acids is 2. The van der Waals surface area contributed by atoms with E-state index in [2.05, 4.69) is 10.6 Å². The zero-order valence-corrected chi connectivity index (χ0v) is 13.7. The second-order valence-corrected chi connectivity index (χ2v) is 5.47. The van der Waals surface area contributed by atoms with Gasteiger partial charge in [0.1, 0.15) is 12.1 Å². The molecule has 3 unspecified atom stereocenters. The number of carbonyl (C=O) groups excluding carboxylic acids is 2. The van der Waals surface area contributed by atoms with E-state index < -0.39 is 41.9 Å². The summed E-state index contributed by atoms with van der Waals surface area (Å²) in [6, 6.07) is -3.19. The Morgan fingerprint density at radius 1 is 0.958 bits per heavy atom. The fourth-order valence-corrected chi connectivity index (χ4v) is 1.85. The highest BCUT2D eigenvalue weighted by Gasteiger charge is 2.24. The number of carboxylic acid groups (broad SMARTS) is 2. The van der Waals surface area contributed by atoms with Gasteiger partial charge in [0, 0.05) is 6.42 Å². The number of nitrogens with one attached hydrogen (secondary N) is 2. The van der Waals surface area contributed by atoms with Crippen LogP contribution in [0.3, 0.4) is 0 Å². The predicted octanol–water partition coefficient (Wildman–Crippen LogP) is -1.62. The molecular weight excluding hydrogens is 320 g/mol. The Balaban J connectivity index is 4.47. The molecule has 0 heterocycles. The highest BCUT2D eigenvalue weighted by atomic mass is 16.4. The number of hydrogen-bond acceptors (Lipinski definition) is 6. The van der Waals surface area contributed by atoms with E-state index in [1.54, 1.807) is 0 Å². The van der Waals surface area contributed by atoms with Gasteiger partial charge >= 0.3 is 11.9 Å². The molecule has 0 aliphatic rings. The molecule has 2 amide bonds.